The molecule has 2 nitrogen and oxygen atoms in total. The first kappa shape index (κ1) is 14.8. The van der Waals surface area contributed by atoms with Crippen LogP contribution in [0.3, 0.4) is 0 Å². The Morgan fingerprint density at radius 1 is 1.20 bits per heavy atom. The van der Waals surface area contributed by atoms with Gasteiger partial charge < -0.3 is 5.32 Å². The molecule has 1 aliphatic heterocycles. The summed E-state index contributed by atoms with van der Waals surface area (Å²) in [6, 6.07) is 6.84. The van der Waals surface area contributed by atoms with Crippen LogP contribution < -0.4 is 5.32 Å². The van der Waals surface area contributed by atoms with E-state index in [1.54, 1.807) is 0 Å². The Balaban J connectivity index is 1.46. The molecule has 1 heterocycles. The van der Waals surface area contributed by atoms with Gasteiger partial charge in [-0.05, 0) is 75.0 Å². The van der Waals surface area contributed by atoms with E-state index in [2.05, 4.69) is 32.2 Å². The van der Waals surface area contributed by atoms with Crippen LogP contribution in [0, 0.1) is 5.92 Å². The number of halogens is 2. The average molecular weight is 358 g/mol. The van der Waals surface area contributed by atoms with Crippen LogP contribution in [-0.4, -0.2) is 30.6 Å². The lowest BCUT2D eigenvalue weighted by Gasteiger charge is -2.32. The lowest BCUT2D eigenvalue weighted by atomic mass is 10.0. The van der Waals surface area contributed by atoms with Crippen LogP contribution in [0.5, 0.6) is 0 Å². The van der Waals surface area contributed by atoms with Crippen LogP contribution in [0.4, 0.5) is 0 Å². The molecule has 0 radical (unpaired) electrons. The highest BCUT2D eigenvalue weighted by atomic mass is 79.9. The highest BCUT2D eigenvalue weighted by Crippen LogP contribution is 2.28. The van der Waals surface area contributed by atoms with Gasteiger partial charge in [-0.2, -0.15) is 0 Å². The lowest BCUT2D eigenvalue weighted by molar-refractivity contribution is 0.190. The van der Waals surface area contributed by atoms with E-state index in [1.807, 2.05) is 12.1 Å². The Morgan fingerprint density at radius 3 is 2.65 bits per heavy atom. The predicted octanol–water partition coefficient (Wildman–Crippen LogP) is 4.07. The van der Waals surface area contributed by atoms with Gasteiger partial charge >= 0.3 is 0 Å². The summed E-state index contributed by atoms with van der Waals surface area (Å²) < 4.78 is 1.11. The predicted molar refractivity (Wildman–Crippen MR) is 88.2 cm³/mol. The van der Waals surface area contributed by atoms with Gasteiger partial charge in [0.25, 0.3) is 0 Å². The third-order valence-corrected chi connectivity index (χ3v) is 5.24. The van der Waals surface area contributed by atoms with E-state index < -0.39 is 0 Å². The summed E-state index contributed by atoms with van der Waals surface area (Å²) in [5.74, 6) is 0.980. The molecule has 110 valence electrons. The molecule has 1 aliphatic carbocycles. The number of piperidine rings is 1. The molecule has 0 unspecified atom stereocenters. The molecule has 1 saturated heterocycles. The smallest absolute Gasteiger partial charge is 0.0451 e. The summed E-state index contributed by atoms with van der Waals surface area (Å²) in [7, 11) is 0. The Morgan fingerprint density at radius 2 is 1.95 bits per heavy atom. The van der Waals surface area contributed by atoms with Crippen LogP contribution in [0.25, 0.3) is 0 Å². The Kier molecular flexibility index (Phi) is 5.03. The molecular formula is C16H22BrClN2. The minimum atomic E-state index is 0.727. The van der Waals surface area contributed by atoms with Gasteiger partial charge in [0.2, 0.25) is 0 Å². The van der Waals surface area contributed by atoms with Crippen LogP contribution in [-0.2, 0) is 6.54 Å². The van der Waals surface area contributed by atoms with Gasteiger partial charge in [-0.25, -0.2) is 0 Å². The van der Waals surface area contributed by atoms with Crippen LogP contribution in [0.15, 0.2) is 22.7 Å². The standard InChI is InChI=1S/C16H22BrClN2/c17-14-3-4-16(18)13(9-14)11-20-7-5-15(6-8-20)19-10-12-1-2-12/h3-4,9,12,15,19H,1-2,5-8,10-11H2. The molecule has 1 aromatic rings. The van der Waals surface area contributed by atoms with Gasteiger partial charge in [-0.1, -0.05) is 27.5 Å². The normalized spacial score (nSPS) is 21.3. The minimum Gasteiger partial charge on any atom is -0.314 e. The molecule has 0 bridgehead atoms. The van der Waals surface area contributed by atoms with E-state index in [-0.39, 0.29) is 0 Å². The highest BCUT2D eigenvalue weighted by Gasteiger charge is 2.24. The number of nitrogens with zero attached hydrogens (tertiary/aromatic N) is 1. The van der Waals surface area contributed by atoms with Gasteiger partial charge in [-0.3, -0.25) is 4.90 Å². The van der Waals surface area contributed by atoms with Crippen molar-refractivity contribution in [3.8, 4) is 0 Å². The maximum absolute atomic E-state index is 6.28. The molecule has 4 heteroatoms. The zero-order chi connectivity index (χ0) is 13.9. The van der Waals surface area contributed by atoms with Gasteiger partial charge in [0.15, 0.2) is 0 Å². The molecule has 0 aromatic heterocycles. The molecule has 0 amide bonds. The summed E-state index contributed by atoms with van der Waals surface area (Å²) in [5.41, 5.74) is 1.23. The first-order valence-electron chi connectivity index (χ1n) is 7.60. The summed E-state index contributed by atoms with van der Waals surface area (Å²) >= 11 is 9.80. The highest BCUT2D eigenvalue weighted by molar-refractivity contribution is 9.10. The van der Waals surface area contributed by atoms with Crippen molar-refractivity contribution in [3.05, 3.63) is 33.3 Å². The van der Waals surface area contributed by atoms with Crippen molar-refractivity contribution in [2.24, 2.45) is 5.92 Å². The molecule has 2 fully saturated rings. The Bertz CT molecular complexity index is 454. The summed E-state index contributed by atoms with van der Waals surface area (Å²) in [6.45, 7) is 4.55. The maximum Gasteiger partial charge on any atom is 0.0451 e. The van der Waals surface area contributed by atoms with Crippen molar-refractivity contribution in [2.75, 3.05) is 19.6 Å². The van der Waals surface area contributed by atoms with Gasteiger partial charge in [0.1, 0.15) is 0 Å². The van der Waals surface area contributed by atoms with Crippen molar-refractivity contribution in [1.82, 2.24) is 10.2 Å². The van der Waals surface area contributed by atoms with E-state index in [4.69, 9.17) is 11.6 Å². The largest absolute Gasteiger partial charge is 0.314 e. The van der Waals surface area contributed by atoms with Crippen LogP contribution in [0.2, 0.25) is 5.02 Å². The van der Waals surface area contributed by atoms with Crippen molar-refractivity contribution in [2.45, 2.75) is 38.3 Å². The average Bonchev–Trinajstić information content (AvgIpc) is 3.26. The fourth-order valence-corrected chi connectivity index (χ4v) is 3.44. The molecule has 1 N–H and O–H groups in total. The molecule has 0 atom stereocenters. The van der Waals surface area contributed by atoms with E-state index in [9.17, 15) is 0 Å². The molecular weight excluding hydrogens is 336 g/mol. The zero-order valence-corrected chi connectivity index (χ0v) is 14.1. The van der Waals surface area contributed by atoms with Crippen molar-refractivity contribution in [3.63, 3.8) is 0 Å². The topological polar surface area (TPSA) is 15.3 Å². The second kappa shape index (κ2) is 6.78. The monoisotopic (exact) mass is 356 g/mol. The number of likely N-dealkylation sites (tertiary alicyclic amines) is 1. The molecule has 0 spiro atoms. The number of hydrogen-bond acceptors (Lipinski definition) is 2. The first-order chi connectivity index (χ1) is 9.70. The molecule has 2 aliphatic rings. The van der Waals surface area contributed by atoms with Crippen molar-refractivity contribution < 1.29 is 0 Å². The van der Waals surface area contributed by atoms with Crippen LogP contribution in [0.1, 0.15) is 31.2 Å². The molecule has 1 aromatic carbocycles. The molecule has 1 saturated carbocycles. The minimum absolute atomic E-state index is 0.727. The van der Waals surface area contributed by atoms with Gasteiger partial charge in [0.05, 0.1) is 0 Å². The summed E-state index contributed by atoms with van der Waals surface area (Å²) in [4.78, 5) is 2.52. The van der Waals surface area contributed by atoms with Crippen molar-refractivity contribution in [1.29, 1.82) is 0 Å². The number of rotatable bonds is 5. The van der Waals surface area contributed by atoms with E-state index >= 15 is 0 Å². The molecule has 3 rings (SSSR count). The van der Waals surface area contributed by atoms with Gasteiger partial charge in [0, 0.05) is 22.1 Å². The third kappa shape index (κ3) is 4.20. The quantitative estimate of drug-likeness (QED) is 0.854. The lowest BCUT2D eigenvalue weighted by Crippen LogP contribution is -2.42. The third-order valence-electron chi connectivity index (χ3n) is 4.38. The van der Waals surface area contributed by atoms with E-state index in [0.29, 0.717) is 0 Å². The summed E-state index contributed by atoms with van der Waals surface area (Å²) in [5, 5.41) is 4.61. The van der Waals surface area contributed by atoms with Crippen LogP contribution >= 0.6 is 27.5 Å². The Labute approximate surface area is 135 Å². The maximum atomic E-state index is 6.28. The fourth-order valence-electron chi connectivity index (χ4n) is 2.86. The van der Waals surface area contributed by atoms with Gasteiger partial charge in [-0.15, -0.1) is 0 Å². The summed E-state index contributed by atoms with van der Waals surface area (Å²) in [6.07, 6.45) is 5.40. The van der Waals surface area contributed by atoms with E-state index in [1.165, 1.54) is 50.9 Å². The molecule has 20 heavy (non-hydrogen) atoms. The second-order valence-electron chi connectivity index (χ2n) is 6.14. The SMILES string of the molecule is Clc1ccc(Br)cc1CN1CCC(NCC2CC2)CC1. The zero-order valence-electron chi connectivity index (χ0n) is 11.7. The first-order valence-corrected chi connectivity index (χ1v) is 8.77. The van der Waals surface area contributed by atoms with Crippen molar-refractivity contribution >= 4 is 27.5 Å². The van der Waals surface area contributed by atoms with E-state index in [0.717, 1.165) is 28.0 Å². The fraction of sp³-hybridized carbons (Fsp3) is 0.625. The number of nitrogens with one attached hydrogen (secondary N) is 1. The number of hydrogen-bond donors (Lipinski definition) is 1. The second-order valence-corrected chi connectivity index (χ2v) is 7.46. The number of benzene rings is 1. The Hall–Kier alpha value is -0.0900.